The van der Waals surface area contributed by atoms with Crippen LogP contribution in [0.15, 0.2) is 18.2 Å². The van der Waals surface area contributed by atoms with E-state index >= 15 is 0 Å². The summed E-state index contributed by atoms with van der Waals surface area (Å²) >= 11 is 0. The zero-order valence-corrected chi connectivity index (χ0v) is 6.27. The standard InChI is InChI=1S/C7H8N4O/c8-6-3-1-5(10-11-6)2-4-7(9)12/h1-4H,(H2,8,11)(H2,9,12). The van der Waals surface area contributed by atoms with Crippen LogP contribution < -0.4 is 11.5 Å². The van der Waals surface area contributed by atoms with Crippen molar-refractivity contribution >= 4 is 17.8 Å². The lowest BCUT2D eigenvalue weighted by Crippen LogP contribution is -2.05. The van der Waals surface area contributed by atoms with E-state index in [9.17, 15) is 4.79 Å². The molecule has 0 unspecified atom stereocenters. The molecule has 5 heteroatoms. The minimum absolute atomic E-state index is 0.339. The van der Waals surface area contributed by atoms with Crippen molar-refractivity contribution in [2.45, 2.75) is 0 Å². The molecule has 1 amide bonds. The molecule has 4 N–H and O–H groups in total. The Balaban J connectivity index is 2.77. The number of amides is 1. The Kier molecular flexibility index (Phi) is 2.37. The van der Waals surface area contributed by atoms with E-state index in [1.807, 2.05) is 0 Å². The summed E-state index contributed by atoms with van der Waals surface area (Å²) in [6.45, 7) is 0. The Morgan fingerprint density at radius 3 is 2.67 bits per heavy atom. The third-order valence-corrected chi connectivity index (χ3v) is 1.12. The molecular formula is C7H8N4O. The second-order valence-electron chi connectivity index (χ2n) is 2.12. The molecule has 0 aromatic carbocycles. The number of hydrogen-bond donors (Lipinski definition) is 2. The Bertz CT molecular complexity index is 304. The number of nitrogens with two attached hydrogens (primary N) is 2. The van der Waals surface area contributed by atoms with Crippen molar-refractivity contribution in [3.63, 3.8) is 0 Å². The molecule has 1 aromatic heterocycles. The van der Waals surface area contributed by atoms with Gasteiger partial charge in [0.1, 0.15) is 5.82 Å². The van der Waals surface area contributed by atoms with E-state index < -0.39 is 5.91 Å². The van der Waals surface area contributed by atoms with Gasteiger partial charge < -0.3 is 11.5 Å². The van der Waals surface area contributed by atoms with Crippen LogP contribution in [-0.2, 0) is 4.79 Å². The molecule has 0 fully saturated rings. The van der Waals surface area contributed by atoms with Gasteiger partial charge in [-0.25, -0.2) is 0 Å². The minimum Gasteiger partial charge on any atom is -0.382 e. The van der Waals surface area contributed by atoms with Gasteiger partial charge in [-0.1, -0.05) is 0 Å². The van der Waals surface area contributed by atoms with Crippen LogP contribution in [0.4, 0.5) is 5.82 Å². The van der Waals surface area contributed by atoms with Gasteiger partial charge in [-0.15, -0.1) is 10.2 Å². The predicted octanol–water partition coefficient (Wildman–Crippen LogP) is -0.443. The van der Waals surface area contributed by atoms with Crippen molar-refractivity contribution in [1.29, 1.82) is 0 Å². The van der Waals surface area contributed by atoms with Crippen molar-refractivity contribution in [3.8, 4) is 0 Å². The molecule has 0 aliphatic heterocycles. The zero-order chi connectivity index (χ0) is 8.97. The fourth-order valence-electron chi connectivity index (χ4n) is 0.609. The van der Waals surface area contributed by atoms with Gasteiger partial charge >= 0.3 is 0 Å². The van der Waals surface area contributed by atoms with Crippen LogP contribution >= 0.6 is 0 Å². The fraction of sp³-hybridized carbons (Fsp3) is 0. The Hall–Kier alpha value is -1.91. The Labute approximate surface area is 69.1 Å². The van der Waals surface area contributed by atoms with E-state index in [1.165, 1.54) is 12.2 Å². The first-order chi connectivity index (χ1) is 5.68. The van der Waals surface area contributed by atoms with Gasteiger partial charge in [0.25, 0.3) is 0 Å². The third-order valence-electron chi connectivity index (χ3n) is 1.12. The van der Waals surface area contributed by atoms with Crippen LogP contribution in [0.25, 0.3) is 6.08 Å². The summed E-state index contributed by atoms with van der Waals surface area (Å²) in [5, 5.41) is 7.26. The van der Waals surface area contributed by atoms with E-state index in [4.69, 9.17) is 11.5 Å². The molecule has 0 bridgehead atoms. The summed E-state index contributed by atoms with van der Waals surface area (Å²) in [7, 11) is 0. The topological polar surface area (TPSA) is 94.9 Å². The largest absolute Gasteiger partial charge is 0.382 e. The molecule has 5 nitrogen and oxygen atoms in total. The summed E-state index contributed by atoms with van der Waals surface area (Å²) < 4.78 is 0. The highest BCUT2D eigenvalue weighted by Crippen LogP contribution is 1.98. The lowest BCUT2D eigenvalue weighted by molar-refractivity contribution is -0.113. The van der Waals surface area contributed by atoms with Crippen LogP contribution in [-0.4, -0.2) is 16.1 Å². The predicted molar refractivity (Wildman–Crippen MR) is 44.7 cm³/mol. The summed E-state index contributed by atoms with van der Waals surface area (Å²) in [4.78, 5) is 10.3. The molecule has 1 rings (SSSR count). The monoisotopic (exact) mass is 164 g/mol. The second-order valence-corrected chi connectivity index (χ2v) is 2.12. The number of hydrogen-bond acceptors (Lipinski definition) is 4. The van der Waals surface area contributed by atoms with Gasteiger partial charge in [-0.2, -0.15) is 0 Å². The molecule has 0 atom stereocenters. The van der Waals surface area contributed by atoms with E-state index in [1.54, 1.807) is 12.1 Å². The van der Waals surface area contributed by atoms with Crippen LogP contribution in [0, 0.1) is 0 Å². The average molecular weight is 164 g/mol. The number of nitrogens with zero attached hydrogens (tertiary/aromatic N) is 2. The SMILES string of the molecule is NC(=O)C=Cc1ccc(N)nn1. The van der Waals surface area contributed by atoms with E-state index in [0.29, 0.717) is 11.5 Å². The molecule has 12 heavy (non-hydrogen) atoms. The van der Waals surface area contributed by atoms with Crippen LogP contribution in [0.2, 0.25) is 0 Å². The van der Waals surface area contributed by atoms with Crippen LogP contribution in [0.5, 0.6) is 0 Å². The maximum Gasteiger partial charge on any atom is 0.241 e. The minimum atomic E-state index is -0.520. The maximum absolute atomic E-state index is 10.3. The highest BCUT2D eigenvalue weighted by molar-refractivity contribution is 5.89. The first-order valence-electron chi connectivity index (χ1n) is 3.25. The first kappa shape index (κ1) is 8.19. The second kappa shape index (κ2) is 3.47. The first-order valence-corrected chi connectivity index (χ1v) is 3.25. The van der Waals surface area contributed by atoms with Crippen molar-refractivity contribution < 1.29 is 4.79 Å². The lowest BCUT2D eigenvalue weighted by Gasteiger charge is -1.90. The molecule has 0 spiro atoms. The summed E-state index contributed by atoms with van der Waals surface area (Å²) in [6, 6.07) is 3.23. The van der Waals surface area contributed by atoms with Gasteiger partial charge in [0.2, 0.25) is 5.91 Å². The van der Waals surface area contributed by atoms with E-state index in [0.717, 1.165) is 0 Å². The molecule has 1 heterocycles. The summed E-state index contributed by atoms with van der Waals surface area (Å²) in [5.41, 5.74) is 10.7. The number of nitrogen functional groups attached to an aromatic ring is 1. The number of anilines is 1. The number of carbonyl (C=O) groups is 1. The van der Waals surface area contributed by atoms with Crippen LogP contribution in [0.1, 0.15) is 5.69 Å². The lowest BCUT2D eigenvalue weighted by atomic mass is 10.3. The van der Waals surface area contributed by atoms with Gasteiger partial charge in [0.05, 0.1) is 5.69 Å². The van der Waals surface area contributed by atoms with Gasteiger partial charge in [0.15, 0.2) is 0 Å². The molecule has 1 aromatic rings. The Morgan fingerprint density at radius 2 is 2.17 bits per heavy atom. The molecule has 62 valence electrons. The fourth-order valence-corrected chi connectivity index (χ4v) is 0.609. The quantitative estimate of drug-likeness (QED) is 0.579. The number of rotatable bonds is 2. The van der Waals surface area contributed by atoms with Crippen molar-refractivity contribution in [1.82, 2.24) is 10.2 Å². The molecule has 0 aliphatic rings. The van der Waals surface area contributed by atoms with Gasteiger partial charge in [0, 0.05) is 6.08 Å². The number of aromatic nitrogens is 2. The summed E-state index contributed by atoms with van der Waals surface area (Å²) in [6.07, 6.45) is 2.68. The summed E-state index contributed by atoms with van der Waals surface area (Å²) in [5.74, 6) is -0.181. The van der Waals surface area contributed by atoms with Gasteiger partial charge in [-0.3, -0.25) is 4.79 Å². The number of carbonyl (C=O) groups excluding carboxylic acids is 1. The van der Waals surface area contributed by atoms with Crippen LogP contribution in [0.3, 0.4) is 0 Å². The molecule has 0 radical (unpaired) electrons. The van der Waals surface area contributed by atoms with Crippen molar-refractivity contribution in [2.24, 2.45) is 5.73 Å². The number of primary amides is 1. The molecular weight excluding hydrogens is 156 g/mol. The normalized spacial score (nSPS) is 10.3. The third kappa shape index (κ3) is 2.37. The molecule has 0 saturated heterocycles. The van der Waals surface area contributed by atoms with Crippen molar-refractivity contribution in [3.05, 3.63) is 23.9 Å². The average Bonchev–Trinajstić information content (AvgIpc) is 2.03. The van der Waals surface area contributed by atoms with E-state index in [-0.39, 0.29) is 0 Å². The zero-order valence-electron chi connectivity index (χ0n) is 6.27. The van der Waals surface area contributed by atoms with Gasteiger partial charge in [-0.05, 0) is 18.2 Å². The van der Waals surface area contributed by atoms with Crippen molar-refractivity contribution in [2.75, 3.05) is 5.73 Å². The highest BCUT2D eigenvalue weighted by Gasteiger charge is 1.90. The maximum atomic E-state index is 10.3. The van der Waals surface area contributed by atoms with E-state index in [2.05, 4.69) is 10.2 Å². The molecule has 0 saturated carbocycles. The highest BCUT2D eigenvalue weighted by atomic mass is 16.1. The smallest absolute Gasteiger partial charge is 0.241 e. The molecule has 0 aliphatic carbocycles. The Morgan fingerprint density at radius 1 is 1.42 bits per heavy atom.